The normalized spacial score (nSPS) is 48.6. The van der Waals surface area contributed by atoms with E-state index in [1.165, 1.54) is 44.5 Å². The molecule has 0 bridgehead atoms. The summed E-state index contributed by atoms with van der Waals surface area (Å²) in [6.07, 6.45) is 5.56. The Morgan fingerprint density at radius 3 is 3.14 bits per heavy atom. The van der Waals surface area contributed by atoms with Gasteiger partial charge in [0.25, 0.3) is 0 Å². The zero-order valence-electron chi connectivity index (χ0n) is 8.96. The molecule has 14 heavy (non-hydrogen) atoms. The van der Waals surface area contributed by atoms with Gasteiger partial charge in [-0.2, -0.15) is 0 Å². The molecular weight excluding hydrogens is 192 g/mol. The fraction of sp³-hybridized carbons (Fsp3) is 1.00. The second-order valence-corrected chi connectivity index (χ2v) is 6.44. The number of hydrogen-bond donors (Lipinski definition) is 1. The molecule has 0 aliphatic carbocycles. The monoisotopic (exact) mass is 212 g/mol. The van der Waals surface area contributed by atoms with E-state index in [9.17, 15) is 0 Å². The molecule has 3 unspecified atom stereocenters. The molecule has 1 spiro atoms. The average Bonchev–Trinajstić information content (AvgIpc) is 2.72. The summed E-state index contributed by atoms with van der Waals surface area (Å²) in [5.41, 5.74) is 0. The highest BCUT2D eigenvalue weighted by atomic mass is 32.2. The Balaban J connectivity index is 1.81. The largest absolute Gasteiger partial charge is 0.299 e. The molecule has 0 radical (unpaired) electrons. The maximum absolute atomic E-state index is 3.88. The summed E-state index contributed by atoms with van der Waals surface area (Å²) < 4.78 is 0. The number of rotatable bonds is 0. The highest BCUT2D eigenvalue weighted by Crippen LogP contribution is 2.45. The van der Waals surface area contributed by atoms with Gasteiger partial charge in [-0.05, 0) is 44.9 Å². The first-order valence-electron chi connectivity index (χ1n) is 5.96. The van der Waals surface area contributed by atoms with Crippen molar-refractivity contribution >= 4 is 11.8 Å². The minimum absolute atomic E-state index is 0.439. The van der Waals surface area contributed by atoms with Crippen molar-refractivity contribution in [2.24, 2.45) is 0 Å². The van der Waals surface area contributed by atoms with E-state index < -0.39 is 0 Å². The molecule has 3 aliphatic heterocycles. The Labute approximate surface area is 90.8 Å². The molecule has 3 aliphatic rings. The van der Waals surface area contributed by atoms with Crippen LogP contribution < -0.4 is 5.32 Å². The summed E-state index contributed by atoms with van der Waals surface area (Å²) in [6, 6.07) is 1.58. The van der Waals surface area contributed by atoms with Crippen molar-refractivity contribution < 1.29 is 0 Å². The van der Waals surface area contributed by atoms with Crippen LogP contribution in [0.3, 0.4) is 0 Å². The minimum Gasteiger partial charge on any atom is -0.299 e. The standard InChI is InChI=1S/C11H20N2S/c1-9-4-8-14-11(12-9)5-7-13-6-2-3-10(11)13/h9-10,12H,2-8H2,1H3. The van der Waals surface area contributed by atoms with Gasteiger partial charge in [0.05, 0.1) is 4.87 Å². The molecule has 0 aromatic rings. The third kappa shape index (κ3) is 1.33. The van der Waals surface area contributed by atoms with E-state index >= 15 is 0 Å². The first kappa shape index (κ1) is 9.49. The predicted molar refractivity (Wildman–Crippen MR) is 61.6 cm³/mol. The van der Waals surface area contributed by atoms with Crippen LogP contribution in [0.2, 0.25) is 0 Å². The van der Waals surface area contributed by atoms with Crippen LogP contribution in [-0.4, -0.2) is 40.7 Å². The lowest BCUT2D eigenvalue weighted by Gasteiger charge is -2.42. The molecule has 3 atom stereocenters. The van der Waals surface area contributed by atoms with Gasteiger partial charge in [0, 0.05) is 18.6 Å². The number of nitrogens with one attached hydrogen (secondary N) is 1. The van der Waals surface area contributed by atoms with Gasteiger partial charge in [0.2, 0.25) is 0 Å². The SMILES string of the molecule is CC1CCSC2(CCN3CCCC32)N1. The van der Waals surface area contributed by atoms with Crippen LogP contribution in [0.15, 0.2) is 0 Å². The van der Waals surface area contributed by atoms with E-state index in [4.69, 9.17) is 0 Å². The molecule has 3 heterocycles. The van der Waals surface area contributed by atoms with E-state index in [-0.39, 0.29) is 0 Å². The van der Waals surface area contributed by atoms with Gasteiger partial charge < -0.3 is 0 Å². The fourth-order valence-corrected chi connectivity index (χ4v) is 5.20. The van der Waals surface area contributed by atoms with Gasteiger partial charge in [0.15, 0.2) is 0 Å². The zero-order valence-corrected chi connectivity index (χ0v) is 9.78. The van der Waals surface area contributed by atoms with Crippen molar-refractivity contribution in [3.63, 3.8) is 0 Å². The third-order valence-corrected chi connectivity index (χ3v) is 5.62. The van der Waals surface area contributed by atoms with Crippen LogP contribution in [0.5, 0.6) is 0 Å². The lowest BCUT2D eigenvalue weighted by Crippen LogP contribution is -2.56. The second-order valence-electron chi connectivity index (χ2n) is 5.02. The summed E-state index contributed by atoms with van der Waals surface area (Å²) in [5, 5.41) is 3.88. The van der Waals surface area contributed by atoms with Crippen LogP contribution in [0.25, 0.3) is 0 Å². The number of nitrogens with zero attached hydrogens (tertiary/aromatic N) is 1. The molecule has 80 valence electrons. The summed E-state index contributed by atoms with van der Waals surface area (Å²) in [5.74, 6) is 1.36. The van der Waals surface area contributed by atoms with Crippen LogP contribution in [0.4, 0.5) is 0 Å². The van der Waals surface area contributed by atoms with E-state index in [1.54, 1.807) is 0 Å². The van der Waals surface area contributed by atoms with Crippen LogP contribution in [0, 0.1) is 0 Å². The van der Waals surface area contributed by atoms with Crippen LogP contribution >= 0.6 is 11.8 Å². The minimum atomic E-state index is 0.439. The van der Waals surface area contributed by atoms with Gasteiger partial charge in [0.1, 0.15) is 0 Å². The number of fused-ring (bicyclic) bond motifs is 2. The van der Waals surface area contributed by atoms with Crippen molar-refractivity contribution in [1.29, 1.82) is 0 Å². The van der Waals surface area contributed by atoms with Crippen LogP contribution in [0.1, 0.15) is 32.6 Å². The molecule has 3 heteroatoms. The molecule has 3 saturated heterocycles. The van der Waals surface area contributed by atoms with Gasteiger partial charge in [-0.25, -0.2) is 0 Å². The van der Waals surface area contributed by atoms with Gasteiger partial charge >= 0.3 is 0 Å². The summed E-state index contributed by atoms with van der Waals surface area (Å²) >= 11 is 2.20. The molecule has 2 nitrogen and oxygen atoms in total. The Kier molecular flexibility index (Phi) is 2.30. The van der Waals surface area contributed by atoms with Gasteiger partial charge in [-0.15, -0.1) is 11.8 Å². The number of hydrogen-bond acceptors (Lipinski definition) is 3. The topological polar surface area (TPSA) is 15.3 Å². The van der Waals surface area contributed by atoms with Crippen molar-refractivity contribution in [1.82, 2.24) is 10.2 Å². The smallest absolute Gasteiger partial charge is 0.0816 e. The van der Waals surface area contributed by atoms with E-state index in [1.807, 2.05) is 0 Å². The summed E-state index contributed by atoms with van der Waals surface area (Å²) in [7, 11) is 0. The maximum Gasteiger partial charge on any atom is 0.0816 e. The highest BCUT2D eigenvalue weighted by Gasteiger charge is 2.50. The average molecular weight is 212 g/mol. The zero-order chi connectivity index (χ0) is 9.60. The molecule has 1 N–H and O–H groups in total. The highest BCUT2D eigenvalue weighted by molar-refractivity contribution is 8.00. The molecule has 0 aromatic heterocycles. The fourth-order valence-electron chi connectivity index (χ4n) is 3.38. The van der Waals surface area contributed by atoms with E-state index in [2.05, 4.69) is 28.9 Å². The van der Waals surface area contributed by atoms with Crippen LogP contribution in [-0.2, 0) is 0 Å². The Morgan fingerprint density at radius 1 is 1.36 bits per heavy atom. The van der Waals surface area contributed by atoms with Gasteiger partial charge in [-0.1, -0.05) is 0 Å². The molecular formula is C11H20N2S. The first-order chi connectivity index (χ1) is 6.80. The Bertz CT molecular complexity index is 229. The third-order valence-electron chi connectivity index (χ3n) is 4.07. The van der Waals surface area contributed by atoms with Crippen molar-refractivity contribution in [2.75, 3.05) is 18.8 Å². The van der Waals surface area contributed by atoms with Gasteiger partial charge in [-0.3, -0.25) is 10.2 Å². The van der Waals surface area contributed by atoms with Crippen molar-refractivity contribution in [2.45, 2.75) is 49.6 Å². The molecule has 0 aromatic carbocycles. The van der Waals surface area contributed by atoms with E-state index in [0.29, 0.717) is 4.87 Å². The molecule has 0 amide bonds. The molecule has 3 rings (SSSR count). The summed E-state index contributed by atoms with van der Waals surface area (Å²) in [4.78, 5) is 3.15. The number of thioether (sulfide) groups is 1. The Hall–Kier alpha value is 0.270. The molecule has 0 saturated carbocycles. The lowest BCUT2D eigenvalue weighted by atomic mass is 10.0. The first-order valence-corrected chi connectivity index (χ1v) is 6.94. The summed E-state index contributed by atoms with van der Waals surface area (Å²) in [6.45, 7) is 5.03. The quantitative estimate of drug-likeness (QED) is 0.657. The van der Waals surface area contributed by atoms with Crippen molar-refractivity contribution in [3.05, 3.63) is 0 Å². The Morgan fingerprint density at radius 2 is 2.29 bits per heavy atom. The second kappa shape index (κ2) is 3.39. The van der Waals surface area contributed by atoms with Crippen molar-refractivity contribution in [3.8, 4) is 0 Å². The molecule has 3 fully saturated rings. The maximum atomic E-state index is 3.88. The lowest BCUT2D eigenvalue weighted by molar-refractivity contribution is 0.269. The van der Waals surface area contributed by atoms with E-state index in [0.717, 1.165) is 12.1 Å². The predicted octanol–water partition coefficient (Wildman–Crippen LogP) is 1.67.